The number of hydrogen-bond donors (Lipinski definition) is 1. The van der Waals surface area contributed by atoms with Gasteiger partial charge in [-0.05, 0) is 24.6 Å². The van der Waals surface area contributed by atoms with Crippen LogP contribution < -0.4 is 10.5 Å². The second kappa shape index (κ2) is 4.67. The lowest BCUT2D eigenvalue weighted by molar-refractivity contribution is 0.411. The Morgan fingerprint density at radius 2 is 2.17 bits per heavy atom. The first-order valence-electron chi connectivity index (χ1n) is 5.21. The Balaban J connectivity index is 2.60. The lowest BCUT2D eigenvalue weighted by Crippen LogP contribution is -1.90. The third-order valence-electron chi connectivity index (χ3n) is 2.72. The Kier molecular flexibility index (Phi) is 3.21. The SMILES string of the molecule is COc1ccc(-c2sc(C#N)c(N)c2C)c(F)c1. The minimum atomic E-state index is -0.386. The summed E-state index contributed by atoms with van der Waals surface area (Å²) in [6.45, 7) is 1.78. The second-order valence-electron chi connectivity index (χ2n) is 3.76. The Hall–Kier alpha value is -2.06. The summed E-state index contributed by atoms with van der Waals surface area (Å²) in [6.07, 6.45) is 0. The number of ether oxygens (including phenoxy) is 1. The molecular weight excluding hydrogens is 251 g/mol. The summed E-state index contributed by atoms with van der Waals surface area (Å²) in [5.41, 5.74) is 7.40. The maximum absolute atomic E-state index is 14.0. The van der Waals surface area contributed by atoms with Crippen LogP contribution in [0.2, 0.25) is 0 Å². The van der Waals surface area contributed by atoms with Crippen molar-refractivity contribution in [3.05, 3.63) is 34.5 Å². The quantitative estimate of drug-likeness (QED) is 0.903. The van der Waals surface area contributed by atoms with E-state index in [2.05, 4.69) is 0 Å². The topological polar surface area (TPSA) is 59.0 Å². The van der Waals surface area contributed by atoms with Crippen molar-refractivity contribution in [3.63, 3.8) is 0 Å². The van der Waals surface area contributed by atoms with Gasteiger partial charge in [0.2, 0.25) is 0 Å². The number of benzene rings is 1. The summed E-state index contributed by atoms with van der Waals surface area (Å²) in [6, 6.07) is 6.64. The number of anilines is 1. The van der Waals surface area contributed by atoms with Crippen LogP contribution in [0, 0.1) is 24.1 Å². The predicted molar refractivity (Wildman–Crippen MR) is 70.1 cm³/mol. The predicted octanol–water partition coefficient (Wildman–Crippen LogP) is 3.33. The zero-order valence-corrected chi connectivity index (χ0v) is 10.8. The first-order chi connectivity index (χ1) is 8.58. The van der Waals surface area contributed by atoms with E-state index < -0.39 is 0 Å². The molecule has 0 fully saturated rings. The van der Waals surface area contributed by atoms with Crippen molar-refractivity contribution < 1.29 is 9.13 Å². The molecule has 0 saturated heterocycles. The van der Waals surface area contributed by atoms with Crippen LogP contribution in [-0.4, -0.2) is 7.11 Å². The molecule has 2 aromatic rings. The standard InChI is InChI=1S/C13H11FN2OS/c1-7-12(16)11(6-15)18-13(7)9-4-3-8(17-2)5-10(9)14/h3-5H,16H2,1-2H3. The highest BCUT2D eigenvalue weighted by atomic mass is 32.1. The van der Waals surface area contributed by atoms with Crippen LogP contribution in [0.1, 0.15) is 10.4 Å². The summed E-state index contributed by atoms with van der Waals surface area (Å²) in [4.78, 5) is 1.10. The molecular formula is C13H11FN2OS. The van der Waals surface area contributed by atoms with Gasteiger partial charge in [-0.3, -0.25) is 0 Å². The molecule has 2 N–H and O–H groups in total. The Morgan fingerprint density at radius 1 is 1.44 bits per heavy atom. The zero-order valence-electron chi connectivity index (χ0n) is 9.95. The van der Waals surface area contributed by atoms with Crippen LogP contribution >= 0.6 is 11.3 Å². The summed E-state index contributed by atoms with van der Waals surface area (Å²) >= 11 is 1.20. The summed E-state index contributed by atoms with van der Waals surface area (Å²) < 4.78 is 18.9. The van der Waals surface area contributed by atoms with Crippen molar-refractivity contribution in [2.45, 2.75) is 6.92 Å². The maximum Gasteiger partial charge on any atom is 0.135 e. The van der Waals surface area contributed by atoms with Gasteiger partial charge in [-0.1, -0.05) is 0 Å². The fourth-order valence-corrected chi connectivity index (χ4v) is 2.72. The smallest absolute Gasteiger partial charge is 0.135 e. The molecule has 0 bridgehead atoms. The second-order valence-corrected chi connectivity index (χ2v) is 4.78. The van der Waals surface area contributed by atoms with Crippen molar-refractivity contribution in [1.82, 2.24) is 0 Å². The average molecular weight is 262 g/mol. The number of methoxy groups -OCH3 is 1. The van der Waals surface area contributed by atoms with Crippen molar-refractivity contribution in [2.75, 3.05) is 12.8 Å². The molecule has 3 nitrogen and oxygen atoms in total. The van der Waals surface area contributed by atoms with E-state index in [9.17, 15) is 4.39 Å². The molecule has 0 radical (unpaired) electrons. The molecule has 0 saturated carbocycles. The number of hydrogen-bond acceptors (Lipinski definition) is 4. The lowest BCUT2D eigenvalue weighted by Gasteiger charge is -2.05. The molecule has 1 aromatic carbocycles. The Labute approximate surface area is 108 Å². The average Bonchev–Trinajstić information content (AvgIpc) is 2.66. The first kappa shape index (κ1) is 12.4. The van der Waals surface area contributed by atoms with E-state index in [0.29, 0.717) is 26.8 Å². The lowest BCUT2D eigenvalue weighted by atomic mass is 10.1. The van der Waals surface area contributed by atoms with Gasteiger partial charge in [-0.15, -0.1) is 11.3 Å². The van der Waals surface area contributed by atoms with E-state index in [-0.39, 0.29) is 5.82 Å². The highest BCUT2D eigenvalue weighted by molar-refractivity contribution is 7.16. The first-order valence-corrected chi connectivity index (χ1v) is 6.03. The van der Waals surface area contributed by atoms with E-state index >= 15 is 0 Å². The molecule has 0 unspecified atom stereocenters. The monoisotopic (exact) mass is 262 g/mol. The highest BCUT2D eigenvalue weighted by Crippen LogP contribution is 2.39. The van der Waals surface area contributed by atoms with E-state index in [0.717, 1.165) is 5.56 Å². The van der Waals surface area contributed by atoms with Crippen molar-refractivity contribution >= 4 is 17.0 Å². The molecule has 0 spiro atoms. The molecule has 0 aliphatic carbocycles. The Morgan fingerprint density at radius 3 is 2.67 bits per heavy atom. The van der Waals surface area contributed by atoms with Crippen LogP contribution in [0.15, 0.2) is 18.2 Å². The van der Waals surface area contributed by atoms with Gasteiger partial charge in [-0.25, -0.2) is 4.39 Å². The van der Waals surface area contributed by atoms with Crippen LogP contribution in [0.5, 0.6) is 5.75 Å². The Bertz CT molecular complexity index is 643. The van der Waals surface area contributed by atoms with Gasteiger partial charge in [0.15, 0.2) is 0 Å². The van der Waals surface area contributed by atoms with Gasteiger partial charge in [-0.2, -0.15) is 5.26 Å². The van der Waals surface area contributed by atoms with E-state index in [4.69, 9.17) is 15.7 Å². The fourth-order valence-electron chi connectivity index (χ4n) is 1.67. The molecule has 92 valence electrons. The van der Waals surface area contributed by atoms with Crippen molar-refractivity contribution in [2.24, 2.45) is 0 Å². The van der Waals surface area contributed by atoms with Crippen LogP contribution in [0.3, 0.4) is 0 Å². The third-order valence-corrected chi connectivity index (χ3v) is 3.96. The number of nitrogen functional groups attached to an aromatic ring is 1. The highest BCUT2D eigenvalue weighted by Gasteiger charge is 2.16. The largest absolute Gasteiger partial charge is 0.497 e. The maximum atomic E-state index is 14.0. The number of nitrogens with two attached hydrogens (primary N) is 1. The molecule has 18 heavy (non-hydrogen) atoms. The molecule has 1 aromatic heterocycles. The minimum Gasteiger partial charge on any atom is -0.497 e. The van der Waals surface area contributed by atoms with E-state index in [1.807, 2.05) is 6.07 Å². The van der Waals surface area contributed by atoms with Gasteiger partial charge in [0.1, 0.15) is 22.5 Å². The van der Waals surface area contributed by atoms with Crippen LogP contribution in [-0.2, 0) is 0 Å². The molecule has 0 aliphatic heterocycles. The molecule has 0 aliphatic rings. The number of thiophene rings is 1. The zero-order chi connectivity index (χ0) is 13.3. The van der Waals surface area contributed by atoms with Gasteiger partial charge >= 0.3 is 0 Å². The normalized spacial score (nSPS) is 10.1. The van der Waals surface area contributed by atoms with Crippen LogP contribution in [0.4, 0.5) is 10.1 Å². The fraction of sp³-hybridized carbons (Fsp3) is 0.154. The van der Waals surface area contributed by atoms with Gasteiger partial charge in [0, 0.05) is 16.5 Å². The summed E-state index contributed by atoms with van der Waals surface area (Å²) in [7, 11) is 1.48. The third kappa shape index (κ3) is 1.91. The van der Waals surface area contributed by atoms with Crippen molar-refractivity contribution in [3.8, 4) is 22.3 Å². The molecule has 2 rings (SSSR count). The van der Waals surface area contributed by atoms with Crippen molar-refractivity contribution in [1.29, 1.82) is 5.26 Å². The summed E-state index contributed by atoms with van der Waals surface area (Å²) in [5, 5.41) is 8.92. The molecule has 5 heteroatoms. The van der Waals surface area contributed by atoms with Gasteiger partial charge in [0.25, 0.3) is 0 Å². The number of halogens is 1. The number of nitriles is 1. The summed E-state index contributed by atoms with van der Waals surface area (Å²) in [5.74, 6) is 0.0714. The van der Waals surface area contributed by atoms with Gasteiger partial charge < -0.3 is 10.5 Å². The minimum absolute atomic E-state index is 0.386. The molecule has 0 atom stereocenters. The number of rotatable bonds is 2. The van der Waals surface area contributed by atoms with Crippen LogP contribution in [0.25, 0.3) is 10.4 Å². The van der Waals surface area contributed by atoms with E-state index in [1.165, 1.54) is 24.5 Å². The molecule has 0 amide bonds. The molecule has 1 heterocycles. The van der Waals surface area contributed by atoms with Gasteiger partial charge in [0.05, 0.1) is 12.8 Å². The number of nitrogens with zero attached hydrogens (tertiary/aromatic N) is 1. The van der Waals surface area contributed by atoms with E-state index in [1.54, 1.807) is 19.1 Å².